The van der Waals surface area contributed by atoms with Crippen LogP contribution in [0.2, 0.25) is 0 Å². The standard InChI is InChI=1S/C19H18N6O/c1-13(15-10-6-3-7-11-15)20-18-16-17(19(26)23-22-18)25(24-21-16)12-14-8-4-2-5-9-14/h2-11,13H,12H2,1H3,(H,20,22)(H,23,26)/t13-/m1/s1. The monoisotopic (exact) mass is 346 g/mol. The maximum absolute atomic E-state index is 12.3. The lowest BCUT2D eigenvalue weighted by Gasteiger charge is -2.14. The van der Waals surface area contributed by atoms with E-state index in [0.29, 0.717) is 23.4 Å². The second kappa shape index (κ2) is 6.79. The molecular weight excluding hydrogens is 328 g/mol. The van der Waals surface area contributed by atoms with Gasteiger partial charge in [-0.15, -0.1) is 5.10 Å². The Morgan fingerprint density at radius 3 is 2.50 bits per heavy atom. The molecule has 0 saturated heterocycles. The van der Waals surface area contributed by atoms with Gasteiger partial charge in [0, 0.05) is 0 Å². The zero-order valence-electron chi connectivity index (χ0n) is 14.3. The first-order valence-corrected chi connectivity index (χ1v) is 8.39. The molecule has 7 nitrogen and oxygen atoms in total. The third kappa shape index (κ3) is 3.06. The highest BCUT2D eigenvalue weighted by atomic mass is 16.1. The first-order valence-electron chi connectivity index (χ1n) is 8.39. The molecule has 0 spiro atoms. The van der Waals surface area contributed by atoms with E-state index in [1.165, 1.54) is 0 Å². The number of aromatic amines is 1. The predicted octanol–water partition coefficient (Wildman–Crippen LogP) is 2.74. The first-order chi connectivity index (χ1) is 12.7. The molecule has 4 aromatic rings. The topological polar surface area (TPSA) is 88.5 Å². The molecule has 0 radical (unpaired) electrons. The van der Waals surface area contributed by atoms with Crippen LogP contribution in [-0.4, -0.2) is 25.2 Å². The summed E-state index contributed by atoms with van der Waals surface area (Å²) in [5, 5.41) is 18.3. The highest BCUT2D eigenvalue weighted by Gasteiger charge is 2.16. The zero-order chi connectivity index (χ0) is 17.9. The van der Waals surface area contributed by atoms with Crippen molar-refractivity contribution in [2.45, 2.75) is 19.5 Å². The lowest BCUT2D eigenvalue weighted by molar-refractivity contribution is 0.667. The van der Waals surface area contributed by atoms with E-state index in [2.05, 4.69) is 25.8 Å². The van der Waals surface area contributed by atoms with Crippen LogP contribution in [0.15, 0.2) is 65.5 Å². The normalized spacial score (nSPS) is 12.2. The lowest BCUT2D eigenvalue weighted by atomic mass is 10.1. The number of hydrogen-bond donors (Lipinski definition) is 2. The van der Waals surface area contributed by atoms with Crippen LogP contribution >= 0.6 is 0 Å². The van der Waals surface area contributed by atoms with E-state index in [9.17, 15) is 4.79 Å². The highest BCUT2D eigenvalue weighted by molar-refractivity contribution is 5.84. The van der Waals surface area contributed by atoms with E-state index < -0.39 is 0 Å². The lowest BCUT2D eigenvalue weighted by Crippen LogP contribution is -2.17. The number of aromatic nitrogens is 5. The van der Waals surface area contributed by atoms with Crippen LogP contribution in [0, 0.1) is 0 Å². The molecule has 2 aromatic carbocycles. The number of hydrogen-bond acceptors (Lipinski definition) is 5. The van der Waals surface area contributed by atoms with E-state index in [-0.39, 0.29) is 11.6 Å². The average Bonchev–Trinajstić information content (AvgIpc) is 3.10. The van der Waals surface area contributed by atoms with Crippen LogP contribution in [0.1, 0.15) is 24.1 Å². The van der Waals surface area contributed by atoms with E-state index in [4.69, 9.17) is 0 Å². The van der Waals surface area contributed by atoms with Crippen LogP contribution < -0.4 is 10.9 Å². The summed E-state index contributed by atoms with van der Waals surface area (Å²) < 4.78 is 1.60. The summed E-state index contributed by atoms with van der Waals surface area (Å²) in [4.78, 5) is 12.3. The number of H-pyrrole nitrogens is 1. The quantitative estimate of drug-likeness (QED) is 0.580. The molecule has 0 unspecified atom stereocenters. The van der Waals surface area contributed by atoms with Crippen LogP contribution in [0.4, 0.5) is 5.82 Å². The zero-order valence-corrected chi connectivity index (χ0v) is 14.3. The Morgan fingerprint density at radius 1 is 1.08 bits per heavy atom. The van der Waals surface area contributed by atoms with E-state index in [1.807, 2.05) is 67.6 Å². The molecule has 2 N–H and O–H groups in total. The Hall–Kier alpha value is -3.48. The smallest absolute Gasteiger partial charge is 0.292 e. The Kier molecular flexibility index (Phi) is 4.18. The van der Waals surface area contributed by atoms with Gasteiger partial charge in [-0.05, 0) is 18.1 Å². The summed E-state index contributed by atoms with van der Waals surface area (Å²) in [7, 11) is 0. The van der Waals surface area contributed by atoms with E-state index in [1.54, 1.807) is 4.68 Å². The second-order valence-electron chi connectivity index (χ2n) is 6.11. The van der Waals surface area contributed by atoms with Gasteiger partial charge in [0.2, 0.25) is 0 Å². The summed E-state index contributed by atoms with van der Waals surface area (Å²) in [5.41, 5.74) is 2.73. The maximum Gasteiger partial charge on any atom is 0.292 e. The van der Waals surface area contributed by atoms with Gasteiger partial charge >= 0.3 is 0 Å². The summed E-state index contributed by atoms with van der Waals surface area (Å²) in [6.45, 7) is 2.50. The van der Waals surface area contributed by atoms with Crippen LogP contribution in [-0.2, 0) is 6.54 Å². The minimum Gasteiger partial charge on any atom is -0.360 e. The van der Waals surface area contributed by atoms with Crippen LogP contribution in [0.3, 0.4) is 0 Å². The second-order valence-corrected chi connectivity index (χ2v) is 6.11. The number of nitrogens with one attached hydrogen (secondary N) is 2. The van der Waals surface area contributed by atoms with Crippen molar-refractivity contribution in [3.63, 3.8) is 0 Å². The van der Waals surface area contributed by atoms with Gasteiger partial charge in [0.1, 0.15) is 0 Å². The minimum absolute atomic E-state index is 0.0112. The van der Waals surface area contributed by atoms with Gasteiger partial charge in [-0.2, -0.15) is 5.10 Å². The molecular formula is C19H18N6O. The predicted molar refractivity (Wildman–Crippen MR) is 100.0 cm³/mol. The third-order valence-electron chi connectivity index (χ3n) is 4.27. The molecule has 0 aliphatic heterocycles. The molecule has 0 amide bonds. The summed E-state index contributed by atoms with van der Waals surface area (Å²) in [5.74, 6) is 0.510. The summed E-state index contributed by atoms with van der Waals surface area (Å²) in [6, 6.07) is 19.9. The Labute approximate surface area is 149 Å². The third-order valence-corrected chi connectivity index (χ3v) is 4.27. The number of rotatable bonds is 5. The summed E-state index contributed by atoms with van der Waals surface area (Å²) in [6.07, 6.45) is 0. The van der Waals surface area contributed by atoms with E-state index >= 15 is 0 Å². The molecule has 0 bridgehead atoms. The molecule has 26 heavy (non-hydrogen) atoms. The van der Waals surface area contributed by atoms with Crippen molar-refractivity contribution in [2.75, 3.05) is 5.32 Å². The van der Waals surface area contributed by atoms with Crippen LogP contribution in [0.5, 0.6) is 0 Å². The van der Waals surface area contributed by atoms with Gasteiger partial charge in [-0.25, -0.2) is 9.78 Å². The van der Waals surface area contributed by atoms with Crippen molar-refractivity contribution in [1.29, 1.82) is 0 Å². The molecule has 130 valence electrons. The molecule has 0 saturated carbocycles. The van der Waals surface area contributed by atoms with Crippen molar-refractivity contribution in [3.05, 3.63) is 82.1 Å². The van der Waals surface area contributed by atoms with E-state index in [0.717, 1.165) is 11.1 Å². The summed E-state index contributed by atoms with van der Waals surface area (Å²) >= 11 is 0. The average molecular weight is 346 g/mol. The number of nitrogens with zero attached hydrogens (tertiary/aromatic N) is 4. The molecule has 0 aliphatic rings. The molecule has 0 aliphatic carbocycles. The molecule has 2 heterocycles. The Morgan fingerprint density at radius 2 is 1.77 bits per heavy atom. The molecule has 2 aromatic heterocycles. The fourth-order valence-electron chi connectivity index (χ4n) is 2.91. The van der Waals surface area contributed by atoms with Crippen molar-refractivity contribution in [3.8, 4) is 0 Å². The van der Waals surface area contributed by atoms with Gasteiger partial charge in [0.15, 0.2) is 16.9 Å². The minimum atomic E-state index is -0.307. The van der Waals surface area contributed by atoms with Gasteiger partial charge in [0.25, 0.3) is 5.56 Å². The molecule has 0 fully saturated rings. The SMILES string of the molecule is C[C@@H](Nc1n[nH]c(=O)c2c1nnn2Cc1ccccc1)c1ccccc1. The maximum atomic E-state index is 12.3. The van der Waals surface area contributed by atoms with Crippen LogP contribution in [0.25, 0.3) is 11.0 Å². The molecule has 4 rings (SSSR count). The fraction of sp³-hybridized carbons (Fsp3) is 0.158. The number of benzene rings is 2. The highest BCUT2D eigenvalue weighted by Crippen LogP contribution is 2.21. The molecule has 1 atom stereocenters. The van der Waals surface area contributed by atoms with Gasteiger partial charge in [-0.3, -0.25) is 4.79 Å². The van der Waals surface area contributed by atoms with Crippen molar-refractivity contribution in [2.24, 2.45) is 0 Å². The molecule has 7 heteroatoms. The fourth-order valence-corrected chi connectivity index (χ4v) is 2.91. The largest absolute Gasteiger partial charge is 0.360 e. The Bertz CT molecular complexity index is 1070. The van der Waals surface area contributed by atoms with Crippen molar-refractivity contribution >= 4 is 16.9 Å². The van der Waals surface area contributed by atoms with Gasteiger partial charge in [-0.1, -0.05) is 65.9 Å². The van der Waals surface area contributed by atoms with Gasteiger partial charge < -0.3 is 5.32 Å². The van der Waals surface area contributed by atoms with Crippen molar-refractivity contribution < 1.29 is 0 Å². The number of fused-ring (bicyclic) bond motifs is 1. The first kappa shape index (κ1) is 16.0. The number of anilines is 1. The van der Waals surface area contributed by atoms with Crippen molar-refractivity contribution in [1.82, 2.24) is 25.2 Å². The Balaban J connectivity index is 1.69. The van der Waals surface area contributed by atoms with Gasteiger partial charge in [0.05, 0.1) is 12.6 Å².